The number of carbonyl (C=O) groups excluding carboxylic acids is 1. The third-order valence-electron chi connectivity index (χ3n) is 6.46. The summed E-state index contributed by atoms with van der Waals surface area (Å²) in [6.45, 7) is 9.98. The van der Waals surface area contributed by atoms with E-state index in [4.69, 9.17) is 11.6 Å². The topological polar surface area (TPSA) is 30.0 Å². The summed E-state index contributed by atoms with van der Waals surface area (Å²) in [4.78, 5) is 22.1. The maximum atomic E-state index is 12.8. The Labute approximate surface area is 203 Å². The molecule has 2 saturated heterocycles. The predicted molar refractivity (Wildman–Crippen MR) is 134 cm³/mol. The summed E-state index contributed by atoms with van der Waals surface area (Å²) in [6, 6.07) is 18.7. The van der Waals surface area contributed by atoms with E-state index in [1.54, 1.807) is 0 Å². The highest BCUT2D eigenvalue weighted by Gasteiger charge is 2.25. The van der Waals surface area contributed by atoms with E-state index in [9.17, 15) is 4.79 Å². The van der Waals surface area contributed by atoms with Crippen LogP contribution in [0.15, 0.2) is 54.6 Å². The van der Waals surface area contributed by atoms with Crippen molar-refractivity contribution in [2.24, 2.45) is 0 Å². The van der Waals surface area contributed by atoms with Gasteiger partial charge in [0.05, 0.1) is 6.54 Å². The Hall–Kier alpha value is -1.63. The molecule has 2 fully saturated rings. The van der Waals surface area contributed by atoms with Crippen LogP contribution in [0.3, 0.4) is 0 Å². The zero-order valence-electron chi connectivity index (χ0n) is 18.7. The molecule has 7 heteroatoms. The molecule has 0 radical (unpaired) electrons. The molecule has 2 heterocycles. The first-order valence-electron chi connectivity index (χ1n) is 11.4. The van der Waals surface area contributed by atoms with E-state index in [0.717, 1.165) is 82.5 Å². The maximum absolute atomic E-state index is 12.8. The van der Waals surface area contributed by atoms with Crippen LogP contribution in [-0.4, -0.2) is 91.0 Å². The second-order valence-corrected chi connectivity index (χ2v) is 9.01. The first kappa shape index (κ1) is 25.0. The van der Waals surface area contributed by atoms with Crippen molar-refractivity contribution in [2.75, 3.05) is 65.4 Å². The molecule has 1 amide bonds. The molecule has 174 valence electrons. The largest absolute Gasteiger partial charge is 0.339 e. The van der Waals surface area contributed by atoms with Crippen molar-refractivity contribution in [1.82, 2.24) is 19.6 Å². The number of piperazine rings is 2. The standard InChI is InChI=1S/C25H33ClN4O.ClH/c26-24-9-5-4-8-23(24)20-28-16-18-30(19-17-28)25(31)21-29-14-12-27(13-15-29)11-10-22-6-2-1-3-7-22;/h1-9H,10-21H2;1H. The SMILES string of the molecule is Cl.O=C(CN1CCN(CCc2ccccc2)CC1)N1CCN(Cc2ccccc2Cl)CC1. The Kier molecular flexibility index (Phi) is 9.82. The Morgan fingerprint density at radius 2 is 1.34 bits per heavy atom. The second kappa shape index (κ2) is 12.6. The molecule has 4 rings (SSSR count). The van der Waals surface area contributed by atoms with E-state index in [-0.39, 0.29) is 18.3 Å². The second-order valence-electron chi connectivity index (χ2n) is 8.60. The number of hydrogen-bond donors (Lipinski definition) is 0. The number of carbonyl (C=O) groups is 1. The van der Waals surface area contributed by atoms with Crippen LogP contribution < -0.4 is 0 Å². The minimum Gasteiger partial charge on any atom is -0.339 e. The molecule has 32 heavy (non-hydrogen) atoms. The monoisotopic (exact) mass is 476 g/mol. The zero-order valence-corrected chi connectivity index (χ0v) is 20.2. The van der Waals surface area contributed by atoms with E-state index < -0.39 is 0 Å². The van der Waals surface area contributed by atoms with Gasteiger partial charge in [-0.1, -0.05) is 60.1 Å². The minimum absolute atomic E-state index is 0. The van der Waals surface area contributed by atoms with Gasteiger partial charge in [0.15, 0.2) is 0 Å². The molecule has 2 aliphatic rings. The molecule has 0 bridgehead atoms. The summed E-state index contributed by atoms with van der Waals surface area (Å²) in [5, 5.41) is 0.823. The van der Waals surface area contributed by atoms with Crippen molar-refractivity contribution in [3.63, 3.8) is 0 Å². The molecule has 0 aromatic heterocycles. The fourth-order valence-electron chi connectivity index (χ4n) is 4.42. The molecule has 0 spiro atoms. The van der Waals surface area contributed by atoms with Crippen molar-refractivity contribution in [2.45, 2.75) is 13.0 Å². The maximum Gasteiger partial charge on any atom is 0.236 e. The summed E-state index contributed by atoms with van der Waals surface area (Å²) in [5.74, 6) is 0.273. The van der Waals surface area contributed by atoms with Crippen molar-refractivity contribution in [1.29, 1.82) is 0 Å². The Morgan fingerprint density at radius 1 is 0.750 bits per heavy atom. The van der Waals surface area contributed by atoms with Crippen molar-refractivity contribution in [3.05, 3.63) is 70.7 Å². The minimum atomic E-state index is 0. The van der Waals surface area contributed by atoms with E-state index >= 15 is 0 Å². The molecule has 2 aromatic carbocycles. The molecule has 2 aliphatic heterocycles. The van der Waals surface area contributed by atoms with Gasteiger partial charge < -0.3 is 9.80 Å². The van der Waals surface area contributed by atoms with Gasteiger partial charge in [-0.25, -0.2) is 0 Å². The van der Waals surface area contributed by atoms with Gasteiger partial charge >= 0.3 is 0 Å². The molecule has 0 unspecified atom stereocenters. The Balaban J connectivity index is 0.00000289. The zero-order chi connectivity index (χ0) is 21.5. The van der Waals surface area contributed by atoms with Gasteiger partial charge in [-0.15, -0.1) is 12.4 Å². The number of nitrogens with zero attached hydrogens (tertiary/aromatic N) is 4. The molecule has 0 N–H and O–H groups in total. The van der Waals surface area contributed by atoms with Crippen LogP contribution in [0.1, 0.15) is 11.1 Å². The van der Waals surface area contributed by atoms with Gasteiger partial charge in [-0.05, 0) is 23.6 Å². The molecule has 0 aliphatic carbocycles. The fraction of sp³-hybridized carbons (Fsp3) is 0.480. The highest BCUT2D eigenvalue weighted by atomic mass is 35.5. The van der Waals surface area contributed by atoms with Crippen LogP contribution >= 0.6 is 24.0 Å². The van der Waals surface area contributed by atoms with Crippen molar-refractivity contribution < 1.29 is 4.79 Å². The average molecular weight is 477 g/mol. The first-order valence-corrected chi connectivity index (χ1v) is 11.8. The lowest BCUT2D eigenvalue weighted by atomic mass is 10.1. The van der Waals surface area contributed by atoms with E-state index in [1.165, 1.54) is 5.56 Å². The number of amides is 1. The normalized spacial score (nSPS) is 18.3. The van der Waals surface area contributed by atoms with Crippen molar-refractivity contribution >= 4 is 29.9 Å². The lowest BCUT2D eigenvalue weighted by Crippen LogP contribution is -2.53. The smallest absolute Gasteiger partial charge is 0.236 e. The quantitative estimate of drug-likeness (QED) is 0.613. The number of rotatable bonds is 7. The molecule has 5 nitrogen and oxygen atoms in total. The van der Waals surface area contributed by atoms with Crippen LogP contribution in [0, 0.1) is 0 Å². The average Bonchev–Trinajstić information content (AvgIpc) is 2.81. The summed E-state index contributed by atoms with van der Waals surface area (Å²) >= 11 is 6.29. The third-order valence-corrected chi connectivity index (χ3v) is 6.83. The Bertz CT molecular complexity index is 835. The summed E-state index contributed by atoms with van der Waals surface area (Å²) in [6.07, 6.45) is 1.10. The van der Waals surface area contributed by atoms with Crippen molar-refractivity contribution in [3.8, 4) is 0 Å². The van der Waals surface area contributed by atoms with E-state index in [0.29, 0.717) is 6.54 Å². The Morgan fingerprint density at radius 3 is 2.03 bits per heavy atom. The van der Waals surface area contributed by atoms with E-state index in [1.807, 2.05) is 23.1 Å². The molecular formula is C25H34Cl2N4O. The number of hydrogen-bond acceptors (Lipinski definition) is 4. The highest BCUT2D eigenvalue weighted by Crippen LogP contribution is 2.18. The number of benzene rings is 2. The van der Waals surface area contributed by atoms with Crippen LogP contribution in [0.5, 0.6) is 0 Å². The van der Waals surface area contributed by atoms with Gasteiger partial charge in [-0.2, -0.15) is 0 Å². The van der Waals surface area contributed by atoms with Gasteiger partial charge in [0.2, 0.25) is 5.91 Å². The first-order chi connectivity index (χ1) is 15.2. The summed E-state index contributed by atoms with van der Waals surface area (Å²) in [7, 11) is 0. The predicted octanol–water partition coefficient (Wildman–Crippen LogP) is 3.27. The van der Waals surface area contributed by atoms with Crippen LogP contribution in [-0.2, 0) is 17.8 Å². The summed E-state index contributed by atoms with van der Waals surface area (Å²) < 4.78 is 0. The fourth-order valence-corrected chi connectivity index (χ4v) is 4.61. The van der Waals surface area contributed by atoms with Gasteiger partial charge in [0.1, 0.15) is 0 Å². The lowest BCUT2D eigenvalue weighted by Gasteiger charge is -2.38. The van der Waals surface area contributed by atoms with E-state index in [2.05, 4.69) is 51.1 Å². The lowest BCUT2D eigenvalue weighted by molar-refractivity contribution is -0.134. The molecule has 0 atom stereocenters. The molecular weight excluding hydrogens is 443 g/mol. The highest BCUT2D eigenvalue weighted by molar-refractivity contribution is 6.31. The number of halogens is 2. The third kappa shape index (κ3) is 7.19. The van der Waals surface area contributed by atoms with Gasteiger partial charge in [0.25, 0.3) is 0 Å². The van der Waals surface area contributed by atoms with Crippen LogP contribution in [0.25, 0.3) is 0 Å². The summed E-state index contributed by atoms with van der Waals surface area (Å²) in [5.41, 5.74) is 2.56. The molecule has 0 saturated carbocycles. The van der Waals surface area contributed by atoms with Gasteiger partial charge in [0, 0.05) is 70.5 Å². The van der Waals surface area contributed by atoms with Gasteiger partial charge in [-0.3, -0.25) is 14.6 Å². The molecule has 2 aromatic rings. The van der Waals surface area contributed by atoms with Crippen LogP contribution in [0.4, 0.5) is 0 Å². The van der Waals surface area contributed by atoms with Crippen LogP contribution in [0.2, 0.25) is 5.02 Å².